The molecule has 6 heteroatoms. The van der Waals surface area contributed by atoms with Crippen LogP contribution in [-0.4, -0.2) is 20.0 Å². The normalized spacial score (nSPS) is 11.3. The zero-order chi connectivity index (χ0) is 15.5. The molecular weight excluding hydrogens is 306 g/mol. The Morgan fingerprint density at radius 1 is 1.14 bits per heavy atom. The molecule has 0 unspecified atom stereocenters. The molecular formula is C15H17NO3S2. The molecule has 1 N–H and O–H groups in total. The van der Waals surface area contributed by atoms with Gasteiger partial charge < -0.3 is 0 Å². The van der Waals surface area contributed by atoms with Crippen LogP contribution in [0.5, 0.6) is 0 Å². The van der Waals surface area contributed by atoms with Crippen molar-refractivity contribution in [2.24, 2.45) is 0 Å². The van der Waals surface area contributed by atoms with Gasteiger partial charge in [0.15, 0.2) is 0 Å². The Hall–Kier alpha value is -1.66. The lowest BCUT2D eigenvalue weighted by Crippen LogP contribution is -2.16. The van der Waals surface area contributed by atoms with Crippen LogP contribution < -0.4 is 4.72 Å². The minimum absolute atomic E-state index is 0.0453. The van der Waals surface area contributed by atoms with Gasteiger partial charge in [-0.05, 0) is 49.7 Å². The molecule has 2 rings (SSSR count). The van der Waals surface area contributed by atoms with Crippen LogP contribution in [0.4, 0.5) is 5.69 Å². The lowest BCUT2D eigenvalue weighted by atomic mass is 10.1. The summed E-state index contributed by atoms with van der Waals surface area (Å²) in [7, 11) is -3.30. The number of carbonyl (C=O) groups excluding carboxylic acids is 1. The van der Waals surface area contributed by atoms with Crippen LogP contribution >= 0.6 is 11.3 Å². The average molecular weight is 323 g/mol. The SMILES string of the molecule is CCCS(=O)(=O)Nc1ccc(C(=O)c2ccc(C)s2)cc1. The maximum absolute atomic E-state index is 12.2. The Kier molecular flexibility index (Phi) is 4.80. The van der Waals surface area contributed by atoms with E-state index in [4.69, 9.17) is 0 Å². The first-order valence-corrected chi connectivity index (χ1v) is 9.10. The van der Waals surface area contributed by atoms with E-state index in [-0.39, 0.29) is 11.5 Å². The minimum atomic E-state index is -3.30. The van der Waals surface area contributed by atoms with E-state index in [0.29, 0.717) is 22.5 Å². The molecule has 0 aliphatic rings. The molecule has 0 aliphatic heterocycles. The molecule has 112 valence electrons. The highest BCUT2D eigenvalue weighted by molar-refractivity contribution is 7.92. The van der Waals surface area contributed by atoms with E-state index in [1.54, 1.807) is 30.3 Å². The van der Waals surface area contributed by atoms with Gasteiger partial charge in [0.25, 0.3) is 0 Å². The molecule has 0 saturated heterocycles. The fourth-order valence-corrected chi connectivity index (χ4v) is 3.85. The van der Waals surface area contributed by atoms with Crippen LogP contribution in [0.3, 0.4) is 0 Å². The van der Waals surface area contributed by atoms with Crippen LogP contribution in [0.1, 0.15) is 33.5 Å². The standard InChI is InChI=1S/C15H17NO3S2/c1-3-10-21(18,19)16-13-7-5-12(6-8-13)15(17)14-9-4-11(2)20-14/h4-9,16H,3,10H2,1-2H3. The molecule has 0 fully saturated rings. The van der Waals surface area contributed by atoms with E-state index in [9.17, 15) is 13.2 Å². The largest absolute Gasteiger partial charge is 0.288 e. The van der Waals surface area contributed by atoms with Crippen LogP contribution in [0.25, 0.3) is 0 Å². The Labute approximate surface area is 128 Å². The van der Waals surface area contributed by atoms with Crippen molar-refractivity contribution in [2.45, 2.75) is 20.3 Å². The number of hydrogen-bond donors (Lipinski definition) is 1. The lowest BCUT2D eigenvalue weighted by Gasteiger charge is -2.07. The molecule has 1 aromatic carbocycles. The second kappa shape index (κ2) is 6.41. The molecule has 0 aliphatic carbocycles. The van der Waals surface area contributed by atoms with Crippen molar-refractivity contribution in [3.63, 3.8) is 0 Å². The number of hydrogen-bond acceptors (Lipinski definition) is 4. The summed E-state index contributed by atoms with van der Waals surface area (Å²) in [4.78, 5) is 14.0. The summed E-state index contributed by atoms with van der Waals surface area (Å²) in [5.74, 6) is 0.0402. The molecule has 21 heavy (non-hydrogen) atoms. The molecule has 0 saturated carbocycles. The number of benzene rings is 1. The van der Waals surface area contributed by atoms with Crippen LogP contribution in [-0.2, 0) is 10.0 Å². The van der Waals surface area contributed by atoms with Crippen molar-refractivity contribution in [1.29, 1.82) is 0 Å². The van der Waals surface area contributed by atoms with Gasteiger partial charge in [0.2, 0.25) is 15.8 Å². The molecule has 2 aromatic rings. The summed E-state index contributed by atoms with van der Waals surface area (Å²) in [6, 6.07) is 10.2. The number of nitrogens with one attached hydrogen (secondary N) is 1. The monoisotopic (exact) mass is 323 g/mol. The average Bonchev–Trinajstić information content (AvgIpc) is 2.85. The van der Waals surface area contributed by atoms with E-state index in [1.165, 1.54) is 11.3 Å². The molecule has 1 heterocycles. The third-order valence-electron chi connectivity index (χ3n) is 2.86. The maximum Gasteiger partial charge on any atom is 0.232 e. The zero-order valence-electron chi connectivity index (χ0n) is 11.9. The summed E-state index contributed by atoms with van der Waals surface area (Å²) in [5.41, 5.74) is 1.03. The molecule has 0 bridgehead atoms. The lowest BCUT2D eigenvalue weighted by molar-refractivity contribution is 0.104. The predicted octanol–water partition coefficient (Wildman–Crippen LogP) is 3.44. The Morgan fingerprint density at radius 3 is 2.33 bits per heavy atom. The quantitative estimate of drug-likeness (QED) is 0.828. The molecule has 4 nitrogen and oxygen atoms in total. The second-order valence-electron chi connectivity index (χ2n) is 4.74. The molecule has 0 amide bonds. The van der Waals surface area contributed by atoms with Crippen molar-refractivity contribution in [3.8, 4) is 0 Å². The van der Waals surface area contributed by atoms with Gasteiger partial charge in [0.05, 0.1) is 10.6 Å². The van der Waals surface area contributed by atoms with Crippen molar-refractivity contribution in [1.82, 2.24) is 0 Å². The highest BCUT2D eigenvalue weighted by Crippen LogP contribution is 2.20. The number of carbonyl (C=O) groups is 1. The summed E-state index contributed by atoms with van der Waals surface area (Å²) in [5, 5.41) is 0. The third kappa shape index (κ3) is 4.15. The van der Waals surface area contributed by atoms with Gasteiger partial charge in [-0.2, -0.15) is 0 Å². The molecule has 0 atom stereocenters. The van der Waals surface area contributed by atoms with Crippen molar-refractivity contribution >= 4 is 32.8 Å². The van der Waals surface area contributed by atoms with E-state index >= 15 is 0 Å². The third-order valence-corrected chi connectivity index (χ3v) is 5.35. The Bertz CT molecular complexity index is 731. The highest BCUT2D eigenvalue weighted by Gasteiger charge is 2.12. The fourth-order valence-electron chi connectivity index (χ4n) is 1.89. The smallest absolute Gasteiger partial charge is 0.232 e. The van der Waals surface area contributed by atoms with E-state index in [1.807, 2.05) is 19.9 Å². The number of thiophene rings is 1. The number of ketones is 1. The second-order valence-corrected chi connectivity index (χ2v) is 7.87. The van der Waals surface area contributed by atoms with Gasteiger partial charge in [-0.1, -0.05) is 6.92 Å². The molecule has 0 spiro atoms. The first-order chi connectivity index (χ1) is 9.91. The fraction of sp³-hybridized carbons (Fsp3) is 0.267. The van der Waals surface area contributed by atoms with Gasteiger partial charge >= 0.3 is 0 Å². The Morgan fingerprint density at radius 2 is 1.81 bits per heavy atom. The maximum atomic E-state index is 12.2. The number of anilines is 1. The first-order valence-electron chi connectivity index (χ1n) is 6.63. The van der Waals surface area contributed by atoms with Gasteiger partial charge in [0, 0.05) is 16.1 Å². The summed E-state index contributed by atoms with van der Waals surface area (Å²) in [6.45, 7) is 3.76. The van der Waals surface area contributed by atoms with E-state index in [2.05, 4.69) is 4.72 Å². The van der Waals surface area contributed by atoms with Gasteiger partial charge in [-0.3, -0.25) is 9.52 Å². The summed E-state index contributed by atoms with van der Waals surface area (Å²) in [6.07, 6.45) is 0.559. The van der Waals surface area contributed by atoms with Gasteiger partial charge in [-0.15, -0.1) is 11.3 Å². The summed E-state index contributed by atoms with van der Waals surface area (Å²) >= 11 is 1.45. The van der Waals surface area contributed by atoms with Crippen molar-refractivity contribution in [3.05, 3.63) is 51.7 Å². The van der Waals surface area contributed by atoms with E-state index in [0.717, 1.165) is 4.88 Å². The first kappa shape index (κ1) is 15.7. The minimum Gasteiger partial charge on any atom is -0.288 e. The molecule has 0 radical (unpaired) electrons. The van der Waals surface area contributed by atoms with Gasteiger partial charge in [0.1, 0.15) is 0 Å². The predicted molar refractivity (Wildman–Crippen MR) is 86.6 cm³/mol. The van der Waals surface area contributed by atoms with Crippen molar-refractivity contribution in [2.75, 3.05) is 10.5 Å². The summed E-state index contributed by atoms with van der Waals surface area (Å²) < 4.78 is 25.8. The van der Waals surface area contributed by atoms with Gasteiger partial charge in [-0.25, -0.2) is 8.42 Å². The van der Waals surface area contributed by atoms with E-state index < -0.39 is 10.0 Å². The van der Waals surface area contributed by atoms with Crippen LogP contribution in [0.15, 0.2) is 36.4 Å². The van der Waals surface area contributed by atoms with Crippen molar-refractivity contribution < 1.29 is 13.2 Å². The number of rotatable bonds is 6. The zero-order valence-corrected chi connectivity index (χ0v) is 13.6. The Balaban J connectivity index is 2.14. The number of aryl methyl sites for hydroxylation is 1. The highest BCUT2D eigenvalue weighted by atomic mass is 32.2. The molecule has 1 aromatic heterocycles. The van der Waals surface area contributed by atoms with Crippen LogP contribution in [0, 0.1) is 6.92 Å². The topological polar surface area (TPSA) is 63.2 Å². The number of sulfonamides is 1. The van der Waals surface area contributed by atoms with Crippen LogP contribution in [0.2, 0.25) is 0 Å².